The first-order valence-corrected chi connectivity index (χ1v) is 5.68. The maximum absolute atomic E-state index is 12.2. The van der Waals surface area contributed by atoms with E-state index in [1.165, 1.54) is 4.80 Å². The summed E-state index contributed by atoms with van der Waals surface area (Å²) in [6, 6.07) is 5.03. The van der Waals surface area contributed by atoms with Gasteiger partial charge in [-0.25, -0.2) is 0 Å². The number of benzene rings is 1. The molecule has 1 heterocycles. The van der Waals surface area contributed by atoms with E-state index >= 15 is 0 Å². The fourth-order valence-electron chi connectivity index (χ4n) is 1.57. The molecule has 0 aliphatic carbocycles. The van der Waals surface area contributed by atoms with E-state index in [0.717, 1.165) is 0 Å². The molecule has 0 fully saturated rings. The molecular weight excluding hydrogens is 248 g/mol. The van der Waals surface area contributed by atoms with Crippen LogP contribution in [0.4, 0.5) is 11.6 Å². The van der Waals surface area contributed by atoms with Gasteiger partial charge in [0.25, 0.3) is 11.9 Å². The number of anilines is 2. The number of nitrogen functional groups attached to an aromatic ring is 1. The van der Waals surface area contributed by atoms with E-state index in [0.29, 0.717) is 18.0 Å². The Hall–Kier alpha value is -2.64. The summed E-state index contributed by atoms with van der Waals surface area (Å²) in [6.45, 7) is 2.27. The Balaban J connectivity index is 2.27. The van der Waals surface area contributed by atoms with E-state index in [-0.39, 0.29) is 11.5 Å². The highest BCUT2D eigenvalue weighted by Crippen LogP contribution is 2.25. The quantitative estimate of drug-likeness (QED) is 0.774. The van der Waals surface area contributed by atoms with Gasteiger partial charge in [0.05, 0.1) is 13.7 Å². The van der Waals surface area contributed by atoms with Crippen LogP contribution < -0.4 is 15.8 Å². The predicted molar refractivity (Wildman–Crippen MR) is 68.8 cm³/mol. The summed E-state index contributed by atoms with van der Waals surface area (Å²) >= 11 is 0. The summed E-state index contributed by atoms with van der Waals surface area (Å²) < 4.78 is 5.38. The topological polar surface area (TPSA) is 108 Å². The fraction of sp³-hybridized carbons (Fsp3) is 0.273. The highest BCUT2D eigenvalue weighted by atomic mass is 16.5. The number of hydrogen-bond acceptors (Lipinski definition) is 6. The zero-order valence-electron chi connectivity index (χ0n) is 10.6. The number of aromatic nitrogens is 4. The van der Waals surface area contributed by atoms with Crippen LogP contribution in [0.15, 0.2) is 18.2 Å². The summed E-state index contributed by atoms with van der Waals surface area (Å²) in [4.78, 5) is 13.4. The van der Waals surface area contributed by atoms with Crippen molar-refractivity contribution in [2.75, 3.05) is 17.7 Å². The molecule has 3 N–H and O–H groups in total. The molecule has 8 nitrogen and oxygen atoms in total. The highest BCUT2D eigenvalue weighted by Gasteiger charge is 2.17. The Labute approximate surface area is 109 Å². The zero-order chi connectivity index (χ0) is 13.8. The van der Waals surface area contributed by atoms with Crippen LogP contribution >= 0.6 is 0 Å². The van der Waals surface area contributed by atoms with E-state index in [2.05, 4.69) is 20.7 Å². The number of amides is 1. The van der Waals surface area contributed by atoms with Crippen molar-refractivity contribution >= 4 is 17.5 Å². The maximum Gasteiger partial charge on any atom is 0.270 e. The van der Waals surface area contributed by atoms with Gasteiger partial charge < -0.3 is 10.5 Å². The maximum atomic E-state index is 12.2. The second kappa shape index (κ2) is 5.34. The first-order chi connectivity index (χ1) is 9.11. The minimum Gasteiger partial charge on any atom is -0.493 e. The largest absolute Gasteiger partial charge is 0.493 e. The first-order valence-electron chi connectivity index (χ1n) is 5.68. The number of ether oxygens (including phenoxy) is 1. The minimum absolute atomic E-state index is 0.109. The molecule has 0 saturated heterocycles. The third-order valence-corrected chi connectivity index (χ3v) is 2.32. The van der Waals surface area contributed by atoms with Gasteiger partial charge in [-0.1, -0.05) is 11.2 Å². The van der Waals surface area contributed by atoms with Crippen LogP contribution in [0.25, 0.3) is 0 Å². The van der Waals surface area contributed by atoms with Crippen LogP contribution in [0, 0.1) is 0 Å². The van der Waals surface area contributed by atoms with Crippen LogP contribution in [0.3, 0.4) is 0 Å². The van der Waals surface area contributed by atoms with E-state index in [4.69, 9.17) is 10.5 Å². The van der Waals surface area contributed by atoms with Crippen LogP contribution in [0.5, 0.6) is 5.75 Å². The monoisotopic (exact) mass is 262 g/mol. The van der Waals surface area contributed by atoms with Crippen LogP contribution in [0.2, 0.25) is 0 Å². The number of rotatable bonds is 4. The number of carbonyl (C=O) groups excluding carboxylic acids is 1. The van der Waals surface area contributed by atoms with Gasteiger partial charge in [-0.05, 0) is 24.3 Å². The van der Waals surface area contributed by atoms with Crippen molar-refractivity contribution in [3.8, 4) is 5.75 Å². The number of hydrogen-bond donors (Lipinski definition) is 2. The van der Waals surface area contributed by atoms with Crippen molar-refractivity contribution in [1.29, 1.82) is 0 Å². The molecule has 2 aromatic rings. The van der Waals surface area contributed by atoms with Crippen molar-refractivity contribution < 1.29 is 9.53 Å². The number of nitrogens with two attached hydrogens (primary N) is 1. The van der Waals surface area contributed by atoms with Crippen molar-refractivity contribution in [2.24, 2.45) is 7.05 Å². The number of tetrazole rings is 1. The Morgan fingerprint density at radius 2 is 2.32 bits per heavy atom. The van der Waals surface area contributed by atoms with Gasteiger partial charge in [-0.2, -0.15) is 4.80 Å². The number of nitrogens with one attached hydrogen (secondary N) is 1. The first kappa shape index (κ1) is 12.8. The summed E-state index contributed by atoms with van der Waals surface area (Å²) in [5.41, 5.74) is 6.40. The molecule has 8 heteroatoms. The SMILES string of the molecule is CCOc1cccc(N)c1C(=O)Nc1nnn(C)n1. The second-order valence-electron chi connectivity index (χ2n) is 3.71. The lowest BCUT2D eigenvalue weighted by molar-refractivity contribution is 0.102. The molecule has 19 heavy (non-hydrogen) atoms. The van der Waals surface area contributed by atoms with Crippen LogP contribution in [-0.4, -0.2) is 32.7 Å². The summed E-state index contributed by atoms with van der Waals surface area (Å²) in [5, 5.41) is 13.7. The van der Waals surface area contributed by atoms with Crippen LogP contribution in [-0.2, 0) is 7.05 Å². The molecule has 0 saturated carbocycles. The third-order valence-electron chi connectivity index (χ3n) is 2.32. The average molecular weight is 262 g/mol. The summed E-state index contributed by atoms with van der Waals surface area (Å²) in [7, 11) is 1.60. The lowest BCUT2D eigenvalue weighted by Gasteiger charge is -2.11. The van der Waals surface area contributed by atoms with Crippen molar-refractivity contribution in [1.82, 2.24) is 20.2 Å². The van der Waals surface area contributed by atoms with Gasteiger partial charge in [-0.3, -0.25) is 10.1 Å². The van der Waals surface area contributed by atoms with Crippen molar-refractivity contribution in [2.45, 2.75) is 6.92 Å². The van der Waals surface area contributed by atoms with E-state index in [1.807, 2.05) is 6.92 Å². The van der Waals surface area contributed by atoms with E-state index < -0.39 is 5.91 Å². The standard InChI is InChI=1S/C11H14N6O2/c1-3-19-8-6-4-5-7(12)9(8)10(18)13-11-14-16-17(2)15-11/h4-6H,3,12H2,1-2H3,(H,13,15,18). The summed E-state index contributed by atoms with van der Waals surface area (Å²) in [6.07, 6.45) is 0. The molecule has 0 bridgehead atoms. The molecule has 0 unspecified atom stereocenters. The van der Waals surface area contributed by atoms with Crippen molar-refractivity contribution in [3.63, 3.8) is 0 Å². The lowest BCUT2D eigenvalue weighted by Crippen LogP contribution is -2.16. The normalized spacial score (nSPS) is 10.2. The molecule has 0 spiro atoms. The predicted octanol–water partition coefficient (Wildman–Crippen LogP) is 0.443. The Kier molecular flexibility index (Phi) is 3.60. The molecule has 1 aromatic carbocycles. The fourth-order valence-corrected chi connectivity index (χ4v) is 1.57. The van der Waals surface area contributed by atoms with Gasteiger partial charge in [0.15, 0.2) is 0 Å². The average Bonchev–Trinajstić information content (AvgIpc) is 2.75. The van der Waals surface area contributed by atoms with Gasteiger partial charge in [0, 0.05) is 5.69 Å². The second-order valence-corrected chi connectivity index (χ2v) is 3.71. The van der Waals surface area contributed by atoms with Gasteiger partial charge in [-0.15, -0.1) is 5.10 Å². The third kappa shape index (κ3) is 2.79. The highest BCUT2D eigenvalue weighted by molar-refractivity contribution is 6.09. The van der Waals surface area contributed by atoms with Gasteiger partial charge >= 0.3 is 0 Å². The smallest absolute Gasteiger partial charge is 0.270 e. The minimum atomic E-state index is -0.436. The Morgan fingerprint density at radius 1 is 1.53 bits per heavy atom. The molecule has 2 rings (SSSR count). The molecule has 0 radical (unpaired) electrons. The summed E-state index contributed by atoms with van der Waals surface area (Å²) in [5.74, 6) is 0.0941. The molecule has 100 valence electrons. The van der Waals surface area contributed by atoms with Gasteiger partial charge in [0.2, 0.25) is 0 Å². The Morgan fingerprint density at radius 3 is 2.95 bits per heavy atom. The molecular formula is C11H14N6O2. The van der Waals surface area contributed by atoms with Crippen LogP contribution in [0.1, 0.15) is 17.3 Å². The molecule has 0 aliphatic heterocycles. The zero-order valence-corrected chi connectivity index (χ0v) is 10.6. The van der Waals surface area contributed by atoms with E-state index in [9.17, 15) is 4.79 Å². The Bertz CT molecular complexity index is 595. The van der Waals surface area contributed by atoms with E-state index in [1.54, 1.807) is 25.2 Å². The molecule has 1 amide bonds. The number of nitrogens with zero attached hydrogens (tertiary/aromatic N) is 4. The molecule has 1 aromatic heterocycles. The number of aryl methyl sites for hydroxylation is 1. The van der Waals surface area contributed by atoms with Gasteiger partial charge in [0.1, 0.15) is 11.3 Å². The molecule has 0 aliphatic rings. The number of carbonyl (C=O) groups is 1. The lowest BCUT2D eigenvalue weighted by atomic mass is 10.1. The molecule has 0 atom stereocenters. The van der Waals surface area contributed by atoms with Crippen molar-refractivity contribution in [3.05, 3.63) is 23.8 Å².